The van der Waals surface area contributed by atoms with Crippen LogP contribution < -0.4 is 4.74 Å². The Morgan fingerprint density at radius 1 is 1.50 bits per heavy atom. The van der Waals surface area contributed by atoms with Crippen LogP contribution in [0.2, 0.25) is 0 Å². The molecular weight excluding hydrogens is 211 g/mol. The van der Waals surface area contributed by atoms with Crippen molar-refractivity contribution in [2.75, 3.05) is 6.67 Å². The Labute approximate surface area is 92.9 Å². The lowest BCUT2D eigenvalue weighted by atomic mass is 10.2. The van der Waals surface area contributed by atoms with E-state index in [1.54, 1.807) is 24.3 Å². The summed E-state index contributed by atoms with van der Waals surface area (Å²) in [6.07, 6.45) is 3.82. The SMILES string of the molecule is C#Cc1ccc(O[C@@H](CCF)C(=O)O)cc1. The Bertz CT molecular complexity index is 392. The third-order valence-corrected chi connectivity index (χ3v) is 1.95. The zero-order chi connectivity index (χ0) is 12.0. The summed E-state index contributed by atoms with van der Waals surface area (Å²) < 4.78 is 17.2. The van der Waals surface area contributed by atoms with Crippen molar-refractivity contribution in [2.45, 2.75) is 12.5 Å². The highest BCUT2D eigenvalue weighted by Gasteiger charge is 2.18. The molecule has 0 bridgehead atoms. The van der Waals surface area contributed by atoms with Crippen LogP contribution in [0.25, 0.3) is 0 Å². The van der Waals surface area contributed by atoms with Gasteiger partial charge in [-0.2, -0.15) is 0 Å². The first kappa shape index (κ1) is 12.1. The number of aliphatic carboxylic acids is 1. The van der Waals surface area contributed by atoms with E-state index in [4.69, 9.17) is 16.3 Å². The molecule has 0 fully saturated rings. The summed E-state index contributed by atoms with van der Waals surface area (Å²) in [4.78, 5) is 10.7. The van der Waals surface area contributed by atoms with E-state index in [-0.39, 0.29) is 6.42 Å². The van der Waals surface area contributed by atoms with Crippen LogP contribution in [0.15, 0.2) is 24.3 Å². The molecule has 0 aliphatic heterocycles. The van der Waals surface area contributed by atoms with Gasteiger partial charge in [-0.25, -0.2) is 4.79 Å². The molecule has 0 heterocycles. The molecule has 0 amide bonds. The summed E-state index contributed by atoms with van der Waals surface area (Å²) in [5.41, 5.74) is 0.671. The van der Waals surface area contributed by atoms with Gasteiger partial charge < -0.3 is 9.84 Å². The van der Waals surface area contributed by atoms with E-state index in [0.29, 0.717) is 11.3 Å². The molecule has 1 rings (SSSR count). The number of hydrogen-bond donors (Lipinski definition) is 1. The van der Waals surface area contributed by atoms with Gasteiger partial charge in [-0.1, -0.05) is 5.92 Å². The molecule has 0 saturated heterocycles. The van der Waals surface area contributed by atoms with E-state index in [1.165, 1.54) is 0 Å². The predicted molar refractivity (Wildman–Crippen MR) is 57.0 cm³/mol. The number of alkyl halides is 1. The van der Waals surface area contributed by atoms with Gasteiger partial charge in [0.2, 0.25) is 0 Å². The lowest BCUT2D eigenvalue weighted by molar-refractivity contribution is -0.145. The third-order valence-electron chi connectivity index (χ3n) is 1.95. The van der Waals surface area contributed by atoms with E-state index >= 15 is 0 Å². The zero-order valence-electron chi connectivity index (χ0n) is 8.52. The monoisotopic (exact) mass is 222 g/mol. The van der Waals surface area contributed by atoms with E-state index in [1.807, 2.05) is 0 Å². The van der Waals surface area contributed by atoms with Crippen LogP contribution >= 0.6 is 0 Å². The van der Waals surface area contributed by atoms with Gasteiger partial charge in [0.15, 0.2) is 6.10 Å². The molecule has 84 valence electrons. The highest BCUT2D eigenvalue weighted by atomic mass is 19.1. The lowest BCUT2D eigenvalue weighted by Crippen LogP contribution is -2.27. The Hall–Kier alpha value is -2.02. The minimum absolute atomic E-state index is 0.174. The molecule has 0 spiro atoms. The largest absolute Gasteiger partial charge is 0.479 e. The van der Waals surface area contributed by atoms with Crippen LogP contribution in [0.1, 0.15) is 12.0 Å². The van der Waals surface area contributed by atoms with Crippen LogP contribution in [0.4, 0.5) is 4.39 Å². The number of ether oxygens (including phenoxy) is 1. The van der Waals surface area contributed by atoms with Crippen molar-refractivity contribution in [1.82, 2.24) is 0 Å². The van der Waals surface area contributed by atoms with Crippen molar-refractivity contribution >= 4 is 5.97 Å². The van der Waals surface area contributed by atoms with Crippen molar-refractivity contribution in [1.29, 1.82) is 0 Å². The number of carboxylic acid groups (broad SMARTS) is 1. The number of carboxylic acids is 1. The molecule has 3 nitrogen and oxygen atoms in total. The number of carbonyl (C=O) groups is 1. The Kier molecular flexibility index (Phi) is 4.34. The molecule has 1 aromatic carbocycles. The van der Waals surface area contributed by atoms with E-state index in [0.717, 1.165) is 0 Å². The summed E-state index contributed by atoms with van der Waals surface area (Å²) >= 11 is 0. The van der Waals surface area contributed by atoms with E-state index < -0.39 is 18.7 Å². The Morgan fingerprint density at radius 2 is 2.12 bits per heavy atom. The van der Waals surface area contributed by atoms with Gasteiger partial charge in [-0.3, -0.25) is 4.39 Å². The molecule has 4 heteroatoms. The smallest absolute Gasteiger partial charge is 0.344 e. The highest BCUT2D eigenvalue weighted by molar-refractivity contribution is 5.72. The summed E-state index contributed by atoms with van der Waals surface area (Å²) in [7, 11) is 0. The number of hydrogen-bond acceptors (Lipinski definition) is 2. The first-order valence-electron chi connectivity index (χ1n) is 4.69. The fourth-order valence-corrected chi connectivity index (χ4v) is 1.13. The van der Waals surface area contributed by atoms with Gasteiger partial charge >= 0.3 is 5.97 Å². The van der Waals surface area contributed by atoms with Gasteiger partial charge in [0.1, 0.15) is 5.75 Å². The minimum Gasteiger partial charge on any atom is -0.479 e. The molecule has 0 radical (unpaired) electrons. The second kappa shape index (κ2) is 5.76. The number of terminal acetylenes is 1. The second-order valence-electron chi connectivity index (χ2n) is 3.09. The first-order chi connectivity index (χ1) is 7.67. The normalized spacial score (nSPS) is 11.5. The molecule has 0 aromatic heterocycles. The molecule has 1 aromatic rings. The fraction of sp³-hybridized carbons (Fsp3) is 0.250. The highest BCUT2D eigenvalue weighted by Crippen LogP contribution is 2.14. The molecule has 0 aliphatic carbocycles. The van der Waals surface area contributed by atoms with E-state index in [2.05, 4.69) is 5.92 Å². The summed E-state index contributed by atoms with van der Waals surface area (Å²) in [6, 6.07) is 6.38. The van der Waals surface area contributed by atoms with Crippen molar-refractivity contribution in [3.8, 4) is 18.1 Å². The summed E-state index contributed by atoms with van der Waals surface area (Å²) in [6.45, 7) is -0.737. The van der Waals surface area contributed by atoms with Crippen molar-refractivity contribution in [3.05, 3.63) is 29.8 Å². The average molecular weight is 222 g/mol. The van der Waals surface area contributed by atoms with Crippen molar-refractivity contribution < 1.29 is 19.0 Å². The van der Waals surface area contributed by atoms with Gasteiger partial charge in [-0.15, -0.1) is 6.42 Å². The molecule has 16 heavy (non-hydrogen) atoms. The predicted octanol–water partition coefficient (Wildman–Crippen LogP) is 1.86. The topological polar surface area (TPSA) is 46.5 Å². The molecule has 0 aliphatic rings. The number of halogens is 1. The number of benzene rings is 1. The van der Waals surface area contributed by atoms with Crippen LogP contribution in [0.5, 0.6) is 5.75 Å². The average Bonchev–Trinajstić information content (AvgIpc) is 2.29. The van der Waals surface area contributed by atoms with Crippen LogP contribution in [0.3, 0.4) is 0 Å². The molecular formula is C12H11FO3. The molecule has 1 atom stereocenters. The molecule has 1 N–H and O–H groups in total. The van der Waals surface area contributed by atoms with Crippen LogP contribution in [0, 0.1) is 12.3 Å². The maximum absolute atomic E-state index is 12.1. The van der Waals surface area contributed by atoms with Crippen LogP contribution in [-0.2, 0) is 4.79 Å². The second-order valence-corrected chi connectivity index (χ2v) is 3.09. The van der Waals surface area contributed by atoms with E-state index in [9.17, 15) is 9.18 Å². The van der Waals surface area contributed by atoms with Gasteiger partial charge in [0.25, 0.3) is 0 Å². The first-order valence-corrected chi connectivity index (χ1v) is 4.69. The Morgan fingerprint density at radius 3 is 2.56 bits per heavy atom. The Balaban J connectivity index is 2.70. The van der Waals surface area contributed by atoms with Gasteiger partial charge in [-0.05, 0) is 24.3 Å². The molecule has 0 unspecified atom stereocenters. The van der Waals surface area contributed by atoms with Crippen LogP contribution in [-0.4, -0.2) is 23.9 Å². The number of rotatable bonds is 5. The maximum atomic E-state index is 12.1. The summed E-state index contributed by atoms with van der Waals surface area (Å²) in [5, 5.41) is 8.74. The quantitative estimate of drug-likeness (QED) is 0.773. The van der Waals surface area contributed by atoms with Crippen molar-refractivity contribution in [3.63, 3.8) is 0 Å². The lowest BCUT2D eigenvalue weighted by Gasteiger charge is -2.13. The fourth-order valence-electron chi connectivity index (χ4n) is 1.13. The summed E-state index contributed by atoms with van der Waals surface area (Å²) in [5.74, 6) is 1.60. The van der Waals surface area contributed by atoms with Gasteiger partial charge in [0.05, 0.1) is 6.67 Å². The standard InChI is InChI=1S/C12H11FO3/c1-2-9-3-5-10(6-4-9)16-11(7-8-13)12(14)15/h1,3-6,11H,7-8H2,(H,14,15)/t11-/m0/s1. The van der Waals surface area contributed by atoms with Gasteiger partial charge in [0, 0.05) is 12.0 Å². The molecule has 0 saturated carbocycles. The third kappa shape index (κ3) is 3.28. The minimum atomic E-state index is -1.18. The van der Waals surface area contributed by atoms with Crippen molar-refractivity contribution in [2.24, 2.45) is 0 Å². The maximum Gasteiger partial charge on any atom is 0.344 e. The zero-order valence-corrected chi connectivity index (χ0v) is 8.52.